The average molecular weight is 307 g/mol. The van der Waals surface area contributed by atoms with Gasteiger partial charge in [0, 0.05) is 12.1 Å². The van der Waals surface area contributed by atoms with E-state index in [-0.39, 0.29) is 11.4 Å². The number of rotatable bonds is 1. The van der Waals surface area contributed by atoms with Crippen LogP contribution in [0.4, 0.5) is 10.6 Å². The zero-order valence-corrected chi connectivity index (χ0v) is 11.7. The molecular weight excluding hydrogens is 296 g/mol. The molecule has 1 aliphatic heterocycles. The Morgan fingerprint density at radius 1 is 1.19 bits per heavy atom. The van der Waals surface area contributed by atoms with Gasteiger partial charge in [-0.05, 0) is 11.6 Å². The van der Waals surface area contributed by atoms with Crippen LogP contribution in [0.5, 0.6) is 0 Å². The van der Waals surface area contributed by atoms with Crippen LogP contribution < -0.4 is 21.9 Å². The van der Waals surface area contributed by atoms with Gasteiger partial charge in [-0.1, -0.05) is 29.8 Å². The first kappa shape index (κ1) is 13.4. The number of H-pyrrole nitrogens is 1. The number of hydrogen-bond acceptors (Lipinski definition) is 3. The lowest BCUT2D eigenvalue weighted by atomic mass is 9.98. The predicted octanol–water partition coefficient (Wildman–Crippen LogP) is 0.951. The first-order chi connectivity index (χ1) is 9.99. The lowest BCUT2D eigenvalue weighted by molar-refractivity contribution is 0.248. The zero-order valence-electron chi connectivity index (χ0n) is 10.9. The van der Waals surface area contributed by atoms with E-state index >= 15 is 0 Å². The molecule has 8 heteroatoms. The maximum Gasteiger partial charge on any atom is 0.329 e. The van der Waals surface area contributed by atoms with Gasteiger partial charge in [0.15, 0.2) is 0 Å². The van der Waals surface area contributed by atoms with Crippen molar-refractivity contribution in [2.75, 3.05) is 5.32 Å². The normalized spacial score (nSPS) is 16.9. The number of amides is 2. The third-order valence-electron chi connectivity index (χ3n) is 3.37. The summed E-state index contributed by atoms with van der Waals surface area (Å²) in [6.07, 6.45) is 0. The molecule has 21 heavy (non-hydrogen) atoms. The molecule has 0 saturated carbocycles. The van der Waals surface area contributed by atoms with Crippen molar-refractivity contribution < 1.29 is 4.79 Å². The molecule has 1 aromatic carbocycles. The third kappa shape index (κ3) is 2.11. The minimum atomic E-state index is -0.724. The smallest absolute Gasteiger partial charge is 0.327 e. The quantitative estimate of drug-likeness (QED) is 0.732. The number of anilines is 1. The number of hydrogen-bond donors (Lipinski definition) is 3. The molecule has 1 aliphatic rings. The van der Waals surface area contributed by atoms with E-state index in [0.717, 1.165) is 0 Å². The predicted molar refractivity (Wildman–Crippen MR) is 77.8 cm³/mol. The Kier molecular flexibility index (Phi) is 3.06. The number of halogens is 1. The highest BCUT2D eigenvalue weighted by molar-refractivity contribution is 6.31. The van der Waals surface area contributed by atoms with Crippen molar-refractivity contribution in [3.8, 4) is 0 Å². The Bertz CT molecular complexity index is 855. The van der Waals surface area contributed by atoms with Gasteiger partial charge in [-0.15, -0.1) is 0 Å². The topological polar surface area (TPSA) is 96.0 Å². The highest BCUT2D eigenvalue weighted by Gasteiger charge is 2.31. The molecule has 0 fully saturated rings. The highest BCUT2D eigenvalue weighted by Crippen LogP contribution is 2.31. The number of carbonyl (C=O) groups excluding carboxylic acids is 1. The third-order valence-corrected chi connectivity index (χ3v) is 3.72. The fourth-order valence-corrected chi connectivity index (χ4v) is 2.59. The largest absolute Gasteiger partial charge is 0.329 e. The minimum absolute atomic E-state index is 0.164. The van der Waals surface area contributed by atoms with E-state index in [9.17, 15) is 14.4 Å². The van der Waals surface area contributed by atoms with Crippen LogP contribution >= 0.6 is 11.6 Å². The standard InChI is InChI=1S/C13H11ClN4O3/c1-18-10-8(11(19)17-13(18)21)9(15-12(20)16-10)6-4-2-3-5-7(6)14/h2-5,9H,1H3,(H2,15,16,20)(H,17,19,21). The second kappa shape index (κ2) is 4.78. The molecule has 0 aliphatic carbocycles. The summed E-state index contributed by atoms with van der Waals surface area (Å²) in [5.41, 5.74) is -0.339. The SMILES string of the molecule is Cn1c2c(c(=O)[nH]c1=O)C(c1ccccc1Cl)NC(=O)N2. The molecule has 2 amide bonds. The van der Waals surface area contributed by atoms with Gasteiger partial charge in [0.1, 0.15) is 5.82 Å². The highest BCUT2D eigenvalue weighted by atomic mass is 35.5. The molecule has 1 aromatic heterocycles. The summed E-state index contributed by atoms with van der Waals surface area (Å²) >= 11 is 6.14. The summed E-state index contributed by atoms with van der Waals surface area (Å²) in [5.74, 6) is 0.164. The first-order valence-electron chi connectivity index (χ1n) is 6.14. The van der Waals surface area contributed by atoms with Gasteiger partial charge in [-0.2, -0.15) is 0 Å². The molecule has 2 aromatic rings. The maximum atomic E-state index is 12.1. The Morgan fingerprint density at radius 2 is 1.90 bits per heavy atom. The molecule has 3 N–H and O–H groups in total. The molecule has 3 rings (SSSR count). The van der Waals surface area contributed by atoms with Gasteiger partial charge in [0.25, 0.3) is 5.56 Å². The summed E-state index contributed by atoms with van der Waals surface area (Å²) in [5, 5.41) is 5.55. The first-order valence-corrected chi connectivity index (χ1v) is 6.52. The van der Waals surface area contributed by atoms with Crippen molar-refractivity contribution in [3.63, 3.8) is 0 Å². The molecule has 108 valence electrons. The Labute approximate surface area is 123 Å². The number of benzene rings is 1. The van der Waals surface area contributed by atoms with Gasteiger partial charge in [0.2, 0.25) is 0 Å². The van der Waals surface area contributed by atoms with Gasteiger partial charge in [-0.25, -0.2) is 9.59 Å². The second-order valence-electron chi connectivity index (χ2n) is 4.63. The Morgan fingerprint density at radius 3 is 2.62 bits per heavy atom. The molecule has 0 spiro atoms. The van der Waals surface area contributed by atoms with E-state index in [0.29, 0.717) is 10.6 Å². The van der Waals surface area contributed by atoms with Crippen LogP contribution in [0.2, 0.25) is 5.02 Å². The molecule has 0 radical (unpaired) electrons. The lowest BCUT2D eigenvalue weighted by Crippen LogP contribution is -2.46. The number of fused-ring (bicyclic) bond motifs is 1. The van der Waals surface area contributed by atoms with Crippen LogP contribution in [0.25, 0.3) is 0 Å². The maximum absolute atomic E-state index is 12.1. The van der Waals surface area contributed by atoms with Crippen LogP contribution in [-0.2, 0) is 7.05 Å². The Hall–Kier alpha value is -2.54. The van der Waals surface area contributed by atoms with Crippen molar-refractivity contribution in [2.45, 2.75) is 6.04 Å². The van der Waals surface area contributed by atoms with Crippen LogP contribution in [0, 0.1) is 0 Å². The van der Waals surface area contributed by atoms with E-state index in [1.807, 2.05) is 0 Å². The van der Waals surface area contributed by atoms with E-state index in [1.54, 1.807) is 24.3 Å². The van der Waals surface area contributed by atoms with Gasteiger partial charge in [0.05, 0.1) is 11.6 Å². The number of aromatic nitrogens is 2. The van der Waals surface area contributed by atoms with Crippen LogP contribution in [-0.4, -0.2) is 15.6 Å². The molecule has 7 nitrogen and oxygen atoms in total. The summed E-state index contributed by atoms with van der Waals surface area (Å²) in [6.45, 7) is 0. The van der Waals surface area contributed by atoms with Crippen LogP contribution in [0.1, 0.15) is 17.2 Å². The van der Waals surface area contributed by atoms with Crippen molar-refractivity contribution in [1.29, 1.82) is 0 Å². The zero-order chi connectivity index (χ0) is 15.1. The Balaban J connectivity index is 2.31. The lowest BCUT2D eigenvalue weighted by Gasteiger charge is -2.28. The van der Waals surface area contributed by atoms with Crippen molar-refractivity contribution in [3.05, 3.63) is 61.3 Å². The number of nitrogens with one attached hydrogen (secondary N) is 3. The fraction of sp³-hybridized carbons (Fsp3) is 0.154. The van der Waals surface area contributed by atoms with E-state index in [2.05, 4.69) is 15.6 Å². The molecular formula is C13H11ClN4O3. The van der Waals surface area contributed by atoms with Gasteiger partial charge < -0.3 is 5.32 Å². The van der Waals surface area contributed by atoms with E-state index in [1.165, 1.54) is 11.6 Å². The average Bonchev–Trinajstić information content (AvgIpc) is 2.44. The second-order valence-corrected chi connectivity index (χ2v) is 5.04. The van der Waals surface area contributed by atoms with Crippen LogP contribution in [0.15, 0.2) is 33.9 Å². The summed E-state index contributed by atoms with van der Waals surface area (Å²) in [7, 11) is 1.46. The summed E-state index contributed by atoms with van der Waals surface area (Å²) in [6, 6.07) is 5.66. The fourth-order valence-electron chi connectivity index (χ4n) is 2.35. The van der Waals surface area contributed by atoms with Gasteiger partial charge >= 0.3 is 11.7 Å². The van der Waals surface area contributed by atoms with Crippen molar-refractivity contribution in [1.82, 2.24) is 14.9 Å². The monoisotopic (exact) mass is 306 g/mol. The van der Waals surface area contributed by atoms with Crippen molar-refractivity contribution in [2.24, 2.45) is 7.05 Å². The summed E-state index contributed by atoms with van der Waals surface area (Å²) in [4.78, 5) is 37.8. The number of nitrogens with zero attached hydrogens (tertiary/aromatic N) is 1. The molecule has 0 bridgehead atoms. The van der Waals surface area contributed by atoms with Crippen molar-refractivity contribution >= 4 is 23.4 Å². The number of aromatic amines is 1. The molecule has 0 saturated heterocycles. The van der Waals surface area contributed by atoms with E-state index < -0.39 is 23.3 Å². The molecule has 1 unspecified atom stereocenters. The number of urea groups is 1. The van der Waals surface area contributed by atoms with Gasteiger partial charge in [-0.3, -0.25) is 19.7 Å². The molecule has 1 atom stereocenters. The number of carbonyl (C=O) groups is 1. The summed E-state index contributed by atoms with van der Waals surface area (Å²) < 4.78 is 1.18. The van der Waals surface area contributed by atoms with E-state index in [4.69, 9.17) is 11.6 Å². The molecule has 2 heterocycles. The minimum Gasteiger partial charge on any atom is -0.327 e. The van der Waals surface area contributed by atoms with Crippen LogP contribution in [0.3, 0.4) is 0 Å².